The van der Waals surface area contributed by atoms with Crippen LogP contribution >= 0.6 is 12.4 Å². The summed E-state index contributed by atoms with van der Waals surface area (Å²) in [5, 5.41) is 13.4. The van der Waals surface area contributed by atoms with Gasteiger partial charge in [-0.3, -0.25) is 9.89 Å². The van der Waals surface area contributed by atoms with Gasteiger partial charge in [-0.15, -0.1) is 12.4 Å². The molecule has 6 heteroatoms. The third-order valence-electron chi connectivity index (χ3n) is 3.29. The number of aromatic nitrogens is 2. The number of nitrogens with zero attached hydrogens (tertiary/aromatic N) is 1. The molecule has 0 aromatic carbocycles. The molecule has 1 aromatic heterocycles. The Kier molecular flexibility index (Phi) is 5.38. The third kappa shape index (κ3) is 4.21. The minimum Gasteiger partial charge on any atom is -0.348 e. The summed E-state index contributed by atoms with van der Waals surface area (Å²) < 4.78 is 0. The molecule has 1 amide bonds. The lowest BCUT2D eigenvalue weighted by molar-refractivity contribution is 0.0924. The van der Waals surface area contributed by atoms with Crippen LogP contribution in [0.25, 0.3) is 0 Å². The molecule has 0 bridgehead atoms. The van der Waals surface area contributed by atoms with E-state index in [1.807, 2.05) is 6.07 Å². The first kappa shape index (κ1) is 16.0. The minimum absolute atomic E-state index is 0. The number of hydrogen-bond donors (Lipinski definition) is 3. The van der Waals surface area contributed by atoms with E-state index in [2.05, 4.69) is 41.6 Å². The van der Waals surface area contributed by atoms with Crippen LogP contribution < -0.4 is 10.6 Å². The maximum Gasteiger partial charge on any atom is 0.271 e. The SMILES string of the molecule is CC(C)(C)c1cc(C(=O)NC2CCNCC2)n[nH]1.Cl. The van der Waals surface area contributed by atoms with Crippen LogP contribution in [0.5, 0.6) is 0 Å². The van der Waals surface area contributed by atoms with E-state index in [1.165, 1.54) is 0 Å². The predicted octanol–water partition coefficient (Wildman–Crippen LogP) is 1.61. The summed E-state index contributed by atoms with van der Waals surface area (Å²) in [7, 11) is 0. The Morgan fingerprint density at radius 1 is 1.37 bits per heavy atom. The Balaban J connectivity index is 0.00000180. The minimum atomic E-state index is -0.0753. The summed E-state index contributed by atoms with van der Waals surface area (Å²) in [5.41, 5.74) is 1.46. The number of piperidine rings is 1. The maximum absolute atomic E-state index is 12.0. The van der Waals surface area contributed by atoms with Gasteiger partial charge in [-0.1, -0.05) is 20.8 Å². The fourth-order valence-electron chi connectivity index (χ4n) is 2.05. The number of halogens is 1. The fraction of sp³-hybridized carbons (Fsp3) is 0.692. The van der Waals surface area contributed by atoms with Crippen molar-refractivity contribution >= 4 is 18.3 Å². The number of carbonyl (C=O) groups excluding carboxylic acids is 1. The maximum atomic E-state index is 12.0. The summed E-state index contributed by atoms with van der Waals surface area (Å²) in [6.45, 7) is 8.22. The molecule has 1 aromatic rings. The Morgan fingerprint density at radius 2 is 2.00 bits per heavy atom. The quantitative estimate of drug-likeness (QED) is 0.774. The molecule has 2 rings (SSSR count). The van der Waals surface area contributed by atoms with E-state index in [1.54, 1.807) is 0 Å². The van der Waals surface area contributed by atoms with Crippen molar-refractivity contribution in [3.05, 3.63) is 17.5 Å². The van der Waals surface area contributed by atoms with Crippen molar-refractivity contribution < 1.29 is 4.79 Å². The van der Waals surface area contributed by atoms with E-state index >= 15 is 0 Å². The number of nitrogens with one attached hydrogen (secondary N) is 3. The van der Waals surface area contributed by atoms with Crippen LogP contribution in [0.15, 0.2) is 6.07 Å². The van der Waals surface area contributed by atoms with Gasteiger partial charge >= 0.3 is 0 Å². The number of hydrogen-bond acceptors (Lipinski definition) is 3. The molecule has 108 valence electrons. The molecule has 1 aliphatic heterocycles. The van der Waals surface area contributed by atoms with E-state index in [0.29, 0.717) is 5.69 Å². The van der Waals surface area contributed by atoms with Crippen LogP contribution in [0.2, 0.25) is 0 Å². The fourth-order valence-corrected chi connectivity index (χ4v) is 2.05. The lowest BCUT2D eigenvalue weighted by Crippen LogP contribution is -2.42. The van der Waals surface area contributed by atoms with Gasteiger partial charge in [0, 0.05) is 17.2 Å². The van der Waals surface area contributed by atoms with Gasteiger partial charge in [0.15, 0.2) is 0 Å². The second-order valence-corrected chi connectivity index (χ2v) is 5.91. The highest BCUT2D eigenvalue weighted by atomic mass is 35.5. The monoisotopic (exact) mass is 286 g/mol. The van der Waals surface area contributed by atoms with Crippen molar-refractivity contribution in [3.8, 4) is 0 Å². The van der Waals surface area contributed by atoms with Crippen molar-refractivity contribution in [1.29, 1.82) is 0 Å². The van der Waals surface area contributed by atoms with Crippen LogP contribution in [-0.2, 0) is 5.41 Å². The van der Waals surface area contributed by atoms with Gasteiger partial charge in [-0.05, 0) is 32.0 Å². The molecule has 1 saturated heterocycles. The van der Waals surface area contributed by atoms with Crippen molar-refractivity contribution in [1.82, 2.24) is 20.8 Å². The highest BCUT2D eigenvalue weighted by Gasteiger charge is 2.21. The Morgan fingerprint density at radius 3 is 2.53 bits per heavy atom. The zero-order valence-electron chi connectivity index (χ0n) is 11.7. The average Bonchev–Trinajstić information content (AvgIpc) is 2.79. The van der Waals surface area contributed by atoms with Crippen molar-refractivity contribution in [2.75, 3.05) is 13.1 Å². The van der Waals surface area contributed by atoms with E-state index in [9.17, 15) is 4.79 Å². The summed E-state index contributed by atoms with van der Waals surface area (Å²) in [6, 6.07) is 2.12. The largest absolute Gasteiger partial charge is 0.348 e. The molecule has 19 heavy (non-hydrogen) atoms. The second-order valence-electron chi connectivity index (χ2n) is 5.91. The van der Waals surface area contributed by atoms with Gasteiger partial charge in [0.25, 0.3) is 5.91 Å². The zero-order chi connectivity index (χ0) is 13.2. The average molecular weight is 287 g/mol. The van der Waals surface area contributed by atoms with Gasteiger partial charge in [0.1, 0.15) is 5.69 Å². The predicted molar refractivity (Wildman–Crippen MR) is 77.9 cm³/mol. The number of amides is 1. The van der Waals surface area contributed by atoms with Crippen LogP contribution in [0.1, 0.15) is 49.8 Å². The molecule has 0 radical (unpaired) electrons. The molecule has 0 saturated carbocycles. The van der Waals surface area contributed by atoms with Gasteiger partial charge in [-0.2, -0.15) is 5.10 Å². The first-order valence-electron chi connectivity index (χ1n) is 6.54. The summed E-state index contributed by atoms with van der Waals surface area (Å²) in [6.07, 6.45) is 1.98. The standard InChI is InChI=1S/C13H22N4O.ClH/c1-13(2,3)11-8-10(16-17-11)12(18)15-9-4-6-14-7-5-9;/h8-9,14H,4-7H2,1-3H3,(H,15,18)(H,16,17);1H. The topological polar surface area (TPSA) is 69.8 Å². The molecule has 0 unspecified atom stereocenters. The van der Waals surface area contributed by atoms with Crippen molar-refractivity contribution in [2.24, 2.45) is 0 Å². The smallest absolute Gasteiger partial charge is 0.271 e. The number of aromatic amines is 1. The normalized spacial score (nSPS) is 16.8. The first-order valence-corrected chi connectivity index (χ1v) is 6.54. The molecule has 0 atom stereocenters. The summed E-state index contributed by atoms with van der Waals surface area (Å²) >= 11 is 0. The molecule has 2 heterocycles. The molecule has 1 aliphatic rings. The number of carbonyl (C=O) groups is 1. The Hall–Kier alpha value is -1.07. The molecule has 0 spiro atoms. The van der Waals surface area contributed by atoms with E-state index in [-0.39, 0.29) is 29.8 Å². The Bertz CT molecular complexity index is 419. The van der Waals surface area contributed by atoms with E-state index in [4.69, 9.17) is 0 Å². The van der Waals surface area contributed by atoms with Gasteiger partial charge in [0.05, 0.1) is 0 Å². The second kappa shape index (κ2) is 6.39. The number of H-pyrrole nitrogens is 1. The van der Waals surface area contributed by atoms with Crippen molar-refractivity contribution in [2.45, 2.75) is 45.1 Å². The zero-order valence-corrected chi connectivity index (χ0v) is 12.6. The van der Waals surface area contributed by atoms with Gasteiger partial charge < -0.3 is 10.6 Å². The van der Waals surface area contributed by atoms with Crippen LogP contribution in [0, 0.1) is 0 Å². The number of rotatable bonds is 2. The van der Waals surface area contributed by atoms with Crippen molar-refractivity contribution in [3.63, 3.8) is 0 Å². The van der Waals surface area contributed by atoms with Crippen LogP contribution in [0.4, 0.5) is 0 Å². The lowest BCUT2D eigenvalue weighted by Gasteiger charge is -2.23. The summed E-state index contributed by atoms with van der Waals surface area (Å²) in [4.78, 5) is 12.0. The molecule has 1 fully saturated rings. The summed E-state index contributed by atoms with van der Waals surface area (Å²) in [5.74, 6) is -0.0753. The van der Waals surface area contributed by atoms with Crippen LogP contribution in [0.3, 0.4) is 0 Å². The van der Waals surface area contributed by atoms with E-state index in [0.717, 1.165) is 31.6 Å². The third-order valence-corrected chi connectivity index (χ3v) is 3.29. The van der Waals surface area contributed by atoms with E-state index < -0.39 is 0 Å². The molecular weight excluding hydrogens is 264 g/mol. The first-order chi connectivity index (χ1) is 8.47. The Labute approximate surface area is 120 Å². The molecule has 3 N–H and O–H groups in total. The van der Waals surface area contributed by atoms with Crippen LogP contribution in [-0.4, -0.2) is 35.2 Å². The highest BCUT2D eigenvalue weighted by Crippen LogP contribution is 2.20. The highest BCUT2D eigenvalue weighted by molar-refractivity contribution is 5.92. The van der Waals surface area contributed by atoms with Gasteiger partial charge in [-0.25, -0.2) is 0 Å². The lowest BCUT2D eigenvalue weighted by atomic mass is 9.92. The molecule has 0 aliphatic carbocycles. The molecular formula is C13H23ClN4O. The van der Waals surface area contributed by atoms with Gasteiger partial charge in [0.2, 0.25) is 0 Å². The molecule has 5 nitrogen and oxygen atoms in total.